The van der Waals surface area contributed by atoms with Gasteiger partial charge in [-0.2, -0.15) is 0 Å². The van der Waals surface area contributed by atoms with Crippen LogP contribution < -0.4 is 5.73 Å². The van der Waals surface area contributed by atoms with E-state index in [1.165, 1.54) is 0 Å². The molecule has 0 atom stereocenters. The first-order valence-corrected chi connectivity index (χ1v) is 6.99. The van der Waals surface area contributed by atoms with Crippen LogP contribution in [0.15, 0.2) is 29.2 Å². The smallest absolute Gasteiger partial charge is 0.335 e. The summed E-state index contributed by atoms with van der Waals surface area (Å²) in [6.45, 7) is 0. The number of hydrogen-bond acceptors (Lipinski definition) is 2. The number of benzene rings is 1. The molecule has 0 fully saturated rings. The minimum atomic E-state index is -9.54. The maximum atomic E-state index is 12.0. The number of hydrogen-bond donors (Lipinski definition) is 1. The van der Waals surface area contributed by atoms with Gasteiger partial charge in [0.15, 0.2) is 0 Å². The summed E-state index contributed by atoms with van der Waals surface area (Å²) in [4.78, 5) is 9.89. The molecule has 0 aliphatic rings. The molecule has 1 aromatic carbocycles. The van der Waals surface area contributed by atoms with Crippen LogP contribution in [0.4, 0.5) is 19.4 Å². The van der Waals surface area contributed by atoms with Crippen LogP contribution in [0, 0.1) is 0 Å². The van der Waals surface area contributed by atoms with Crippen LogP contribution in [0.2, 0.25) is 0 Å². The Morgan fingerprint density at radius 2 is 1.50 bits per heavy atom. The monoisotopic (exact) mass is 279 g/mol. The highest BCUT2D eigenvalue weighted by Gasteiger charge is 2.65. The Morgan fingerprint density at radius 3 is 1.81 bits per heavy atom. The predicted molar refractivity (Wildman–Crippen MR) is 53.9 cm³/mol. The van der Waals surface area contributed by atoms with Crippen LogP contribution >= 0.6 is 20.0 Å². The summed E-state index contributed by atoms with van der Waals surface area (Å²) in [5.41, 5.74) is 4.78. The minimum Gasteiger partial charge on any atom is -0.366 e. The van der Waals surface area contributed by atoms with Gasteiger partial charge >= 0.3 is 9.26 Å². The fourth-order valence-corrected chi connectivity index (χ4v) is 2.89. The number of carbonyl (C=O) groups excluding carboxylic acids is 1. The molecule has 1 amide bonds. The van der Waals surface area contributed by atoms with Crippen molar-refractivity contribution in [3.8, 4) is 0 Å². The molecule has 0 heterocycles. The maximum Gasteiger partial charge on any atom is 0.335 e. The lowest BCUT2D eigenvalue weighted by atomic mass is 10.2. The third kappa shape index (κ3) is 4.71. The van der Waals surface area contributed by atoms with E-state index < -0.39 is 30.9 Å². The number of carbonyl (C=O) groups is 1. The molecular weight excluding hydrogens is 273 g/mol. The van der Waals surface area contributed by atoms with Crippen molar-refractivity contribution in [2.75, 3.05) is 0 Å². The Hall–Kier alpha value is -0.960. The summed E-state index contributed by atoms with van der Waals surface area (Å²) in [7, 11) is -11.0. The Bertz CT molecular complexity index is 426. The van der Waals surface area contributed by atoms with E-state index in [9.17, 15) is 24.2 Å². The fraction of sp³-hybridized carbons (Fsp3) is 0. The molecule has 0 radical (unpaired) electrons. The summed E-state index contributed by atoms with van der Waals surface area (Å²) in [5.74, 6) is -0.844. The van der Waals surface area contributed by atoms with Crippen molar-refractivity contribution < 1.29 is 24.2 Å². The molecule has 2 N–H and O–H groups in total. The molecule has 2 nitrogen and oxygen atoms in total. The Kier molecular flexibility index (Phi) is 2.49. The Labute approximate surface area is 91.1 Å². The fourth-order valence-electron chi connectivity index (χ4n) is 0.857. The number of amides is 1. The zero-order chi connectivity index (χ0) is 12.7. The summed E-state index contributed by atoms with van der Waals surface area (Å²) >= 11 is 0. The molecule has 0 aliphatic heterocycles. The lowest BCUT2D eigenvalue weighted by molar-refractivity contribution is 0.1000. The summed E-state index contributed by atoms with van der Waals surface area (Å²) in [5, 5.41) is 0. The highest BCUT2D eigenvalue weighted by molar-refractivity contribution is 9.02. The molecule has 0 unspecified atom stereocenters. The van der Waals surface area contributed by atoms with E-state index in [-0.39, 0.29) is 5.56 Å². The maximum absolute atomic E-state index is 12.0. The quantitative estimate of drug-likeness (QED) is 0.669. The molecule has 1 aromatic rings. The second kappa shape index (κ2) is 3.04. The van der Waals surface area contributed by atoms with Crippen molar-refractivity contribution in [1.29, 1.82) is 0 Å². The number of primary amides is 1. The van der Waals surface area contributed by atoms with Crippen LogP contribution in [-0.4, -0.2) is 5.91 Å². The normalized spacial score (nSPS) is 16.3. The molecule has 0 aromatic heterocycles. The standard InChI is InChI=1S/C7H6F5NOS2/c8-16(9,10,11,12)15-6-3-1-5(2-4-6)7(13)14/h1-4H,(H2,13,14). The van der Waals surface area contributed by atoms with Crippen molar-refractivity contribution >= 4 is 26.0 Å². The van der Waals surface area contributed by atoms with Gasteiger partial charge in [0.25, 0.3) is 0 Å². The molecule has 0 bridgehead atoms. The van der Waals surface area contributed by atoms with Crippen LogP contribution in [0.5, 0.6) is 0 Å². The molecule has 16 heavy (non-hydrogen) atoms. The van der Waals surface area contributed by atoms with E-state index in [2.05, 4.69) is 0 Å². The zero-order valence-electron chi connectivity index (χ0n) is 7.50. The second-order valence-corrected chi connectivity index (χ2v) is 7.69. The molecule has 9 heteroatoms. The van der Waals surface area contributed by atoms with Crippen LogP contribution in [0.3, 0.4) is 0 Å². The largest absolute Gasteiger partial charge is 0.366 e. The van der Waals surface area contributed by atoms with E-state index in [0.29, 0.717) is 0 Å². The van der Waals surface area contributed by atoms with Crippen LogP contribution in [0.25, 0.3) is 0 Å². The molecule has 92 valence electrons. The number of rotatable bonds is 3. The third-order valence-corrected chi connectivity index (χ3v) is 3.69. The average Bonchev–Trinajstić information content (AvgIpc) is 1.99. The van der Waals surface area contributed by atoms with E-state index in [0.717, 1.165) is 24.3 Å². The first-order chi connectivity index (χ1) is 6.86. The molecule has 0 aliphatic carbocycles. The van der Waals surface area contributed by atoms with Crippen molar-refractivity contribution in [2.24, 2.45) is 5.73 Å². The van der Waals surface area contributed by atoms with Crippen molar-refractivity contribution in [1.82, 2.24) is 0 Å². The van der Waals surface area contributed by atoms with Gasteiger partial charge in [-0.25, -0.2) is 0 Å². The van der Waals surface area contributed by atoms with E-state index >= 15 is 0 Å². The summed E-state index contributed by atoms with van der Waals surface area (Å²) < 4.78 is 60.2. The van der Waals surface area contributed by atoms with Crippen LogP contribution in [0.1, 0.15) is 10.4 Å². The minimum absolute atomic E-state index is 0.0495. The van der Waals surface area contributed by atoms with Gasteiger partial charge in [0.05, 0.1) is 0 Å². The molecule has 0 spiro atoms. The van der Waals surface area contributed by atoms with Gasteiger partial charge in [-0.05, 0) is 24.3 Å². The van der Waals surface area contributed by atoms with Gasteiger partial charge in [-0.15, -0.1) is 0 Å². The van der Waals surface area contributed by atoms with E-state index in [1.807, 2.05) is 0 Å². The Morgan fingerprint density at radius 1 is 1.06 bits per heavy atom. The highest BCUT2D eigenvalue weighted by Crippen LogP contribution is 3.06. The van der Waals surface area contributed by atoms with Gasteiger partial charge in [-0.1, -0.05) is 19.4 Å². The van der Waals surface area contributed by atoms with E-state index in [4.69, 9.17) is 5.73 Å². The molecular formula is C7H6F5NOS2. The van der Waals surface area contributed by atoms with Crippen molar-refractivity contribution in [2.45, 2.75) is 4.90 Å². The topological polar surface area (TPSA) is 43.1 Å². The molecule has 1 rings (SSSR count). The van der Waals surface area contributed by atoms with Crippen LogP contribution in [-0.2, 0) is 0 Å². The van der Waals surface area contributed by atoms with Gasteiger partial charge in [0.2, 0.25) is 5.91 Å². The summed E-state index contributed by atoms with van der Waals surface area (Å²) in [6.07, 6.45) is 0. The number of halogens is 5. The third-order valence-electron chi connectivity index (χ3n) is 1.39. The van der Waals surface area contributed by atoms with Gasteiger partial charge < -0.3 is 5.73 Å². The Balaban J connectivity index is 2.98. The van der Waals surface area contributed by atoms with E-state index in [1.54, 1.807) is 0 Å². The van der Waals surface area contributed by atoms with Crippen molar-refractivity contribution in [3.05, 3.63) is 29.8 Å². The predicted octanol–water partition coefficient (Wildman–Crippen LogP) is 4.09. The number of nitrogens with two attached hydrogens (primary N) is 1. The lowest BCUT2D eigenvalue weighted by Gasteiger charge is -2.38. The average molecular weight is 279 g/mol. The van der Waals surface area contributed by atoms with Gasteiger partial charge in [0, 0.05) is 21.3 Å². The second-order valence-electron chi connectivity index (χ2n) is 2.87. The highest BCUT2D eigenvalue weighted by atomic mass is 33.3. The molecule has 0 saturated carbocycles. The molecule has 0 saturated heterocycles. The van der Waals surface area contributed by atoms with Gasteiger partial charge in [0.1, 0.15) is 0 Å². The lowest BCUT2D eigenvalue weighted by Crippen LogP contribution is -2.10. The first kappa shape index (κ1) is 13.1. The summed E-state index contributed by atoms with van der Waals surface area (Å²) in [6, 6.07) is 3.44. The zero-order valence-corrected chi connectivity index (χ0v) is 9.13. The first-order valence-electron chi connectivity index (χ1n) is 3.71. The van der Waals surface area contributed by atoms with Crippen molar-refractivity contribution in [3.63, 3.8) is 0 Å². The SMILES string of the molecule is NC(=O)c1ccc(SS(F)(F)(F)(F)F)cc1. The van der Waals surface area contributed by atoms with Gasteiger partial charge in [-0.3, -0.25) is 4.79 Å².